The second kappa shape index (κ2) is 6.15. The Bertz CT molecular complexity index is 771. The molecule has 0 radical (unpaired) electrons. The molecule has 1 aliphatic heterocycles. The molecule has 0 atom stereocenters. The van der Waals surface area contributed by atoms with Crippen molar-refractivity contribution in [2.75, 3.05) is 7.05 Å². The third-order valence-electron chi connectivity index (χ3n) is 4.24. The summed E-state index contributed by atoms with van der Waals surface area (Å²) in [6, 6.07) is 5.39. The molecule has 0 spiro atoms. The van der Waals surface area contributed by atoms with Gasteiger partial charge in [-0.1, -0.05) is 12.1 Å². The second-order valence-electron chi connectivity index (χ2n) is 5.45. The van der Waals surface area contributed by atoms with Crippen LogP contribution in [0.5, 0.6) is 0 Å². The van der Waals surface area contributed by atoms with Crippen LogP contribution in [-0.2, 0) is 9.59 Å². The van der Waals surface area contributed by atoms with Gasteiger partial charge in [0, 0.05) is 30.6 Å². The number of benzene rings is 1. The van der Waals surface area contributed by atoms with E-state index in [1.54, 1.807) is 20.9 Å². The maximum atomic E-state index is 11.8. The van der Waals surface area contributed by atoms with Crippen molar-refractivity contribution in [1.29, 1.82) is 0 Å². The third kappa shape index (κ3) is 2.73. The predicted octanol–water partition coefficient (Wildman–Crippen LogP) is 2.34. The number of nitro groups is 1. The summed E-state index contributed by atoms with van der Waals surface area (Å²) in [6.07, 6.45) is 0. The molecule has 2 rings (SSSR count). The number of nitrogens with zero attached hydrogens (tertiary/aromatic N) is 2. The number of allylic oxidation sites excluding steroid dienone is 2. The van der Waals surface area contributed by atoms with Crippen LogP contribution in [0.15, 0.2) is 46.8 Å². The lowest BCUT2D eigenvalue weighted by Gasteiger charge is -2.34. The number of aliphatic carboxylic acids is 2. The molecular weight excluding hydrogens is 316 g/mol. The van der Waals surface area contributed by atoms with Gasteiger partial charge in [0.1, 0.15) is 0 Å². The normalized spacial score (nSPS) is 15.7. The van der Waals surface area contributed by atoms with Crippen LogP contribution >= 0.6 is 0 Å². The Balaban J connectivity index is 2.78. The van der Waals surface area contributed by atoms with Crippen LogP contribution < -0.4 is 0 Å². The highest BCUT2D eigenvalue weighted by molar-refractivity contribution is 5.98. The fourth-order valence-electron chi connectivity index (χ4n) is 2.88. The Morgan fingerprint density at radius 3 is 2.04 bits per heavy atom. The average Bonchev–Trinajstić information content (AvgIpc) is 2.51. The van der Waals surface area contributed by atoms with E-state index in [-0.39, 0.29) is 22.4 Å². The van der Waals surface area contributed by atoms with Gasteiger partial charge in [-0.05, 0) is 19.4 Å². The molecular formula is C16H16N2O6. The van der Waals surface area contributed by atoms with E-state index >= 15 is 0 Å². The van der Waals surface area contributed by atoms with E-state index in [1.807, 2.05) is 0 Å². The summed E-state index contributed by atoms with van der Waals surface area (Å²) in [5, 5.41) is 30.2. The van der Waals surface area contributed by atoms with Crippen LogP contribution in [0.1, 0.15) is 25.3 Å². The first-order valence-corrected chi connectivity index (χ1v) is 7.03. The van der Waals surface area contributed by atoms with Crippen molar-refractivity contribution in [3.63, 3.8) is 0 Å². The van der Waals surface area contributed by atoms with Gasteiger partial charge in [-0.15, -0.1) is 0 Å². The lowest BCUT2D eigenvalue weighted by atomic mass is 9.80. The molecule has 1 aromatic rings. The number of carboxylic acids is 2. The fourth-order valence-corrected chi connectivity index (χ4v) is 2.88. The number of hydrogen-bond acceptors (Lipinski definition) is 5. The van der Waals surface area contributed by atoms with E-state index in [9.17, 15) is 29.9 Å². The van der Waals surface area contributed by atoms with Crippen molar-refractivity contribution in [3.8, 4) is 0 Å². The molecule has 0 aromatic heterocycles. The average molecular weight is 332 g/mol. The smallest absolute Gasteiger partial charge is 0.334 e. The zero-order valence-electron chi connectivity index (χ0n) is 13.3. The molecule has 8 heteroatoms. The summed E-state index contributed by atoms with van der Waals surface area (Å²) in [5.41, 5.74) is 0.590. The quantitative estimate of drug-likeness (QED) is 0.641. The van der Waals surface area contributed by atoms with Gasteiger partial charge >= 0.3 is 11.9 Å². The summed E-state index contributed by atoms with van der Waals surface area (Å²) in [5.74, 6) is -3.61. The van der Waals surface area contributed by atoms with E-state index in [1.165, 1.54) is 29.2 Å². The molecule has 2 N–H and O–H groups in total. The molecule has 0 aliphatic carbocycles. The number of carboxylic acid groups (broad SMARTS) is 2. The van der Waals surface area contributed by atoms with Gasteiger partial charge in [-0.25, -0.2) is 9.59 Å². The van der Waals surface area contributed by atoms with Crippen molar-refractivity contribution in [2.45, 2.75) is 19.8 Å². The Hall–Kier alpha value is -3.16. The molecule has 0 amide bonds. The van der Waals surface area contributed by atoms with Gasteiger partial charge in [-0.2, -0.15) is 0 Å². The van der Waals surface area contributed by atoms with Gasteiger partial charge in [0.25, 0.3) is 5.69 Å². The SMILES string of the molecule is CC1=C(C(=O)O)C(c2cccc([N+](=O)[O-])c2)C(C(=O)O)=C(C)N1C. The zero-order valence-corrected chi connectivity index (χ0v) is 13.3. The molecule has 0 fully saturated rings. The highest BCUT2D eigenvalue weighted by Crippen LogP contribution is 2.41. The summed E-state index contributed by atoms with van der Waals surface area (Å²) >= 11 is 0. The predicted molar refractivity (Wildman–Crippen MR) is 84.3 cm³/mol. The van der Waals surface area contributed by atoms with Crippen LogP contribution in [0.4, 0.5) is 5.69 Å². The first-order chi connectivity index (χ1) is 11.2. The van der Waals surface area contributed by atoms with E-state index in [0.29, 0.717) is 11.4 Å². The summed E-state index contributed by atoms with van der Waals surface area (Å²) in [6.45, 7) is 3.16. The minimum Gasteiger partial charge on any atom is -0.478 e. The van der Waals surface area contributed by atoms with Gasteiger partial charge in [0.2, 0.25) is 0 Å². The second-order valence-corrected chi connectivity index (χ2v) is 5.45. The minimum absolute atomic E-state index is 0.110. The van der Waals surface area contributed by atoms with Gasteiger partial charge in [0.15, 0.2) is 0 Å². The molecule has 0 saturated heterocycles. The molecule has 0 unspecified atom stereocenters. The van der Waals surface area contributed by atoms with E-state index in [0.717, 1.165) is 0 Å². The van der Waals surface area contributed by atoms with Gasteiger partial charge in [0.05, 0.1) is 22.0 Å². The standard InChI is InChI=1S/C16H16N2O6/c1-8-12(15(19)20)14(13(16(21)22)9(2)17(8)3)10-5-4-6-11(7-10)18(23)24/h4-7,14H,1-3H3,(H,19,20)(H,21,22). The highest BCUT2D eigenvalue weighted by Gasteiger charge is 2.38. The molecule has 24 heavy (non-hydrogen) atoms. The van der Waals surface area contributed by atoms with Crippen LogP contribution in [0, 0.1) is 10.1 Å². The molecule has 8 nitrogen and oxygen atoms in total. The molecule has 1 aromatic carbocycles. The Kier molecular flexibility index (Phi) is 4.41. The van der Waals surface area contributed by atoms with Crippen LogP contribution in [0.2, 0.25) is 0 Å². The van der Waals surface area contributed by atoms with Crippen molar-refractivity contribution in [2.24, 2.45) is 0 Å². The van der Waals surface area contributed by atoms with Crippen molar-refractivity contribution in [3.05, 3.63) is 62.5 Å². The minimum atomic E-state index is -1.26. The maximum absolute atomic E-state index is 11.8. The maximum Gasteiger partial charge on any atom is 0.334 e. The van der Waals surface area contributed by atoms with E-state index in [2.05, 4.69) is 0 Å². The first-order valence-electron chi connectivity index (χ1n) is 7.03. The number of nitro benzene ring substituents is 1. The number of rotatable bonds is 4. The van der Waals surface area contributed by atoms with Crippen molar-refractivity contribution < 1.29 is 24.7 Å². The zero-order chi connectivity index (χ0) is 18.2. The molecule has 0 bridgehead atoms. The molecule has 1 heterocycles. The monoisotopic (exact) mass is 332 g/mol. The van der Waals surface area contributed by atoms with Crippen molar-refractivity contribution in [1.82, 2.24) is 4.90 Å². The summed E-state index contributed by atoms with van der Waals surface area (Å²) < 4.78 is 0. The molecule has 0 saturated carbocycles. The van der Waals surface area contributed by atoms with Crippen LogP contribution in [0.25, 0.3) is 0 Å². The largest absolute Gasteiger partial charge is 0.478 e. The van der Waals surface area contributed by atoms with Gasteiger partial charge < -0.3 is 15.1 Å². The summed E-state index contributed by atoms with van der Waals surface area (Å²) in [7, 11) is 1.58. The summed E-state index contributed by atoms with van der Waals surface area (Å²) in [4.78, 5) is 35.4. The highest BCUT2D eigenvalue weighted by atomic mass is 16.6. The van der Waals surface area contributed by atoms with E-state index in [4.69, 9.17) is 0 Å². The molecule has 1 aliphatic rings. The first kappa shape index (κ1) is 17.2. The van der Waals surface area contributed by atoms with Crippen molar-refractivity contribution >= 4 is 17.6 Å². The van der Waals surface area contributed by atoms with E-state index < -0.39 is 22.8 Å². The lowest BCUT2D eigenvalue weighted by molar-refractivity contribution is -0.384. The van der Waals surface area contributed by atoms with Crippen LogP contribution in [0.3, 0.4) is 0 Å². The molecule has 126 valence electrons. The fraction of sp³-hybridized carbons (Fsp3) is 0.250. The Morgan fingerprint density at radius 1 is 1.12 bits per heavy atom. The number of hydrogen-bond donors (Lipinski definition) is 2. The van der Waals surface area contributed by atoms with Crippen LogP contribution in [-0.4, -0.2) is 39.0 Å². The topological polar surface area (TPSA) is 121 Å². The Morgan fingerprint density at radius 2 is 1.62 bits per heavy atom. The lowest BCUT2D eigenvalue weighted by Crippen LogP contribution is -2.32. The number of carbonyl (C=O) groups is 2. The Labute approximate surface area is 137 Å². The third-order valence-corrected chi connectivity index (χ3v) is 4.24. The van der Waals surface area contributed by atoms with Gasteiger partial charge in [-0.3, -0.25) is 10.1 Å². The number of non-ortho nitro benzene ring substituents is 1.